The molecule has 0 fully saturated rings. The predicted octanol–water partition coefficient (Wildman–Crippen LogP) is 2.55. The Labute approximate surface area is 94.8 Å². The Morgan fingerprint density at radius 2 is 2.13 bits per heavy atom. The van der Waals surface area contributed by atoms with Gasteiger partial charge >= 0.3 is 0 Å². The fourth-order valence-electron chi connectivity index (χ4n) is 1.97. The molecule has 80 valence electrons. The van der Waals surface area contributed by atoms with Gasteiger partial charge < -0.3 is 4.90 Å². The number of rotatable bonds is 0. The third kappa shape index (κ3) is 2.00. The molecule has 1 heterocycles. The standard InChI is InChI=1S/C12H14ClNO/c1-8-5-11-7-14(9(2)15)4-3-10(11)6-12(8)13/h5-6H,3-4,7H2,1-2H3. The Morgan fingerprint density at radius 1 is 1.40 bits per heavy atom. The Morgan fingerprint density at radius 3 is 2.80 bits per heavy atom. The van der Waals surface area contributed by atoms with E-state index in [0.29, 0.717) is 0 Å². The summed E-state index contributed by atoms with van der Waals surface area (Å²) in [5.41, 5.74) is 3.60. The average molecular weight is 224 g/mol. The second-order valence-corrected chi connectivity index (χ2v) is 4.47. The Kier molecular flexibility index (Phi) is 2.70. The lowest BCUT2D eigenvalue weighted by atomic mass is 9.98. The smallest absolute Gasteiger partial charge is 0.219 e. The Hall–Kier alpha value is -1.02. The first kappa shape index (κ1) is 10.5. The van der Waals surface area contributed by atoms with Gasteiger partial charge in [0, 0.05) is 25.0 Å². The van der Waals surface area contributed by atoms with Gasteiger partial charge in [-0.2, -0.15) is 0 Å². The van der Waals surface area contributed by atoms with Gasteiger partial charge in [-0.15, -0.1) is 0 Å². The molecule has 0 aromatic heterocycles. The second-order valence-electron chi connectivity index (χ2n) is 4.06. The number of carbonyl (C=O) groups excluding carboxylic acids is 1. The zero-order chi connectivity index (χ0) is 11.0. The van der Waals surface area contributed by atoms with E-state index < -0.39 is 0 Å². The van der Waals surface area contributed by atoms with Gasteiger partial charge in [-0.3, -0.25) is 4.79 Å². The SMILES string of the molecule is CC(=O)N1CCc2cc(Cl)c(C)cc2C1. The van der Waals surface area contributed by atoms with Gasteiger partial charge in [0.05, 0.1) is 0 Å². The molecule has 0 bridgehead atoms. The largest absolute Gasteiger partial charge is 0.338 e. The number of benzene rings is 1. The molecule has 0 spiro atoms. The van der Waals surface area contributed by atoms with E-state index in [2.05, 4.69) is 6.07 Å². The summed E-state index contributed by atoms with van der Waals surface area (Å²) in [7, 11) is 0. The topological polar surface area (TPSA) is 20.3 Å². The maximum Gasteiger partial charge on any atom is 0.219 e. The van der Waals surface area contributed by atoms with Gasteiger partial charge in [0.25, 0.3) is 0 Å². The van der Waals surface area contributed by atoms with Crippen molar-refractivity contribution >= 4 is 17.5 Å². The highest BCUT2D eigenvalue weighted by molar-refractivity contribution is 6.31. The number of halogens is 1. The van der Waals surface area contributed by atoms with Crippen LogP contribution in [0.2, 0.25) is 5.02 Å². The third-order valence-corrected chi connectivity index (χ3v) is 3.35. The van der Waals surface area contributed by atoms with E-state index in [9.17, 15) is 4.79 Å². The summed E-state index contributed by atoms with van der Waals surface area (Å²) >= 11 is 6.06. The van der Waals surface area contributed by atoms with Crippen LogP contribution in [-0.2, 0) is 17.8 Å². The summed E-state index contributed by atoms with van der Waals surface area (Å²) in [6, 6.07) is 4.12. The minimum atomic E-state index is 0.147. The van der Waals surface area contributed by atoms with Crippen molar-refractivity contribution in [3.63, 3.8) is 0 Å². The van der Waals surface area contributed by atoms with Crippen molar-refractivity contribution in [3.8, 4) is 0 Å². The number of amides is 1. The molecule has 0 atom stereocenters. The van der Waals surface area contributed by atoms with Gasteiger partial charge in [0.1, 0.15) is 0 Å². The quantitative estimate of drug-likeness (QED) is 0.662. The number of carbonyl (C=O) groups is 1. The zero-order valence-electron chi connectivity index (χ0n) is 9.01. The van der Waals surface area contributed by atoms with Crippen molar-refractivity contribution in [2.45, 2.75) is 26.8 Å². The first-order chi connectivity index (χ1) is 7.08. The summed E-state index contributed by atoms with van der Waals surface area (Å²) in [6.45, 7) is 5.15. The molecule has 15 heavy (non-hydrogen) atoms. The molecule has 0 aliphatic carbocycles. The number of hydrogen-bond donors (Lipinski definition) is 0. The minimum absolute atomic E-state index is 0.147. The van der Waals surface area contributed by atoms with E-state index in [1.165, 1.54) is 11.1 Å². The molecule has 2 rings (SSSR count). The highest BCUT2D eigenvalue weighted by atomic mass is 35.5. The predicted molar refractivity (Wildman–Crippen MR) is 61.0 cm³/mol. The van der Waals surface area contributed by atoms with E-state index in [1.807, 2.05) is 17.9 Å². The zero-order valence-corrected chi connectivity index (χ0v) is 9.77. The molecule has 0 saturated carbocycles. The van der Waals surface area contributed by atoms with E-state index >= 15 is 0 Å². The van der Waals surface area contributed by atoms with Gasteiger partial charge in [-0.25, -0.2) is 0 Å². The lowest BCUT2D eigenvalue weighted by Crippen LogP contribution is -2.34. The normalized spacial score (nSPS) is 15.0. The summed E-state index contributed by atoms with van der Waals surface area (Å²) in [5.74, 6) is 0.147. The van der Waals surface area contributed by atoms with Gasteiger partial charge in [-0.1, -0.05) is 17.7 Å². The Bertz CT molecular complexity index is 414. The lowest BCUT2D eigenvalue weighted by Gasteiger charge is -2.28. The van der Waals surface area contributed by atoms with Crippen LogP contribution in [0.1, 0.15) is 23.6 Å². The van der Waals surface area contributed by atoms with Crippen molar-refractivity contribution in [2.24, 2.45) is 0 Å². The number of hydrogen-bond acceptors (Lipinski definition) is 1. The fourth-order valence-corrected chi connectivity index (χ4v) is 2.16. The van der Waals surface area contributed by atoms with Gasteiger partial charge in [-0.05, 0) is 36.1 Å². The van der Waals surface area contributed by atoms with Crippen molar-refractivity contribution in [1.29, 1.82) is 0 Å². The third-order valence-electron chi connectivity index (χ3n) is 2.94. The van der Waals surface area contributed by atoms with E-state index in [1.54, 1.807) is 6.92 Å². The van der Waals surface area contributed by atoms with Crippen LogP contribution in [0.25, 0.3) is 0 Å². The van der Waals surface area contributed by atoms with Crippen molar-refractivity contribution in [1.82, 2.24) is 4.90 Å². The molecule has 1 aromatic rings. The first-order valence-electron chi connectivity index (χ1n) is 5.11. The highest BCUT2D eigenvalue weighted by Crippen LogP contribution is 2.25. The molecule has 0 radical (unpaired) electrons. The van der Waals surface area contributed by atoms with E-state index in [4.69, 9.17) is 11.6 Å². The van der Waals surface area contributed by atoms with Crippen LogP contribution >= 0.6 is 11.6 Å². The number of aryl methyl sites for hydroxylation is 1. The summed E-state index contributed by atoms with van der Waals surface area (Å²) in [6.07, 6.45) is 0.912. The van der Waals surface area contributed by atoms with E-state index in [-0.39, 0.29) is 5.91 Å². The maximum absolute atomic E-state index is 11.3. The lowest BCUT2D eigenvalue weighted by molar-refractivity contribution is -0.129. The van der Waals surface area contributed by atoms with Crippen molar-refractivity contribution in [3.05, 3.63) is 33.8 Å². The van der Waals surface area contributed by atoms with Crippen molar-refractivity contribution in [2.75, 3.05) is 6.54 Å². The van der Waals surface area contributed by atoms with Crippen molar-refractivity contribution < 1.29 is 4.79 Å². The molecule has 2 nitrogen and oxygen atoms in total. The molecule has 0 saturated heterocycles. The molecule has 0 N–H and O–H groups in total. The number of fused-ring (bicyclic) bond motifs is 1. The van der Waals surface area contributed by atoms with Crippen LogP contribution in [0.4, 0.5) is 0 Å². The van der Waals surface area contributed by atoms with Crippen LogP contribution in [0.5, 0.6) is 0 Å². The highest BCUT2D eigenvalue weighted by Gasteiger charge is 2.18. The molecular formula is C12H14ClNO. The molecule has 3 heteroatoms. The van der Waals surface area contributed by atoms with Crippen LogP contribution in [0, 0.1) is 6.92 Å². The maximum atomic E-state index is 11.3. The molecule has 1 aromatic carbocycles. The van der Waals surface area contributed by atoms with Gasteiger partial charge in [0.15, 0.2) is 0 Å². The van der Waals surface area contributed by atoms with Crippen LogP contribution in [0.3, 0.4) is 0 Å². The summed E-state index contributed by atoms with van der Waals surface area (Å²) < 4.78 is 0. The summed E-state index contributed by atoms with van der Waals surface area (Å²) in [5, 5.41) is 0.824. The fraction of sp³-hybridized carbons (Fsp3) is 0.417. The average Bonchev–Trinajstić information content (AvgIpc) is 2.19. The first-order valence-corrected chi connectivity index (χ1v) is 5.49. The van der Waals surface area contributed by atoms with E-state index in [0.717, 1.165) is 30.1 Å². The monoisotopic (exact) mass is 223 g/mol. The van der Waals surface area contributed by atoms with Crippen LogP contribution in [-0.4, -0.2) is 17.4 Å². The molecule has 0 unspecified atom stereocenters. The molecule has 1 amide bonds. The van der Waals surface area contributed by atoms with Gasteiger partial charge in [0.2, 0.25) is 5.91 Å². The van der Waals surface area contributed by atoms with Crippen LogP contribution in [0.15, 0.2) is 12.1 Å². The summed E-state index contributed by atoms with van der Waals surface area (Å²) in [4.78, 5) is 13.1. The molecule has 1 aliphatic rings. The molecule has 1 aliphatic heterocycles. The van der Waals surface area contributed by atoms with Crippen LogP contribution < -0.4 is 0 Å². The molecular weight excluding hydrogens is 210 g/mol. The number of nitrogens with zero attached hydrogens (tertiary/aromatic N) is 1. The minimum Gasteiger partial charge on any atom is -0.338 e. The second kappa shape index (κ2) is 3.86. The Balaban J connectivity index is 2.34.